The van der Waals surface area contributed by atoms with Crippen molar-refractivity contribution in [1.29, 1.82) is 0 Å². The van der Waals surface area contributed by atoms with Gasteiger partial charge >= 0.3 is 6.18 Å². The summed E-state index contributed by atoms with van der Waals surface area (Å²) in [4.78, 5) is 11.8. The van der Waals surface area contributed by atoms with E-state index in [1.54, 1.807) is 30.3 Å². The fourth-order valence-corrected chi connectivity index (χ4v) is 2.88. The van der Waals surface area contributed by atoms with Gasteiger partial charge in [-0.05, 0) is 17.2 Å². The quantitative estimate of drug-likeness (QED) is 0.693. The van der Waals surface area contributed by atoms with Crippen molar-refractivity contribution in [3.63, 3.8) is 0 Å². The van der Waals surface area contributed by atoms with Crippen LogP contribution in [0.1, 0.15) is 16.1 Å². The Kier molecular flexibility index (Phi) is 4.46. The molecule has 0 fully saturated rings. The highest BCUT2D eigenvalue weighted by Gasteiger charge is 2.41. The number of primary amides is 1. The summed E-state index contributed by atoms with van der Waals surface area (Å²) in [7, 11) is 1.09. The molecule has 0 atom stereocenters. The number of carbonyl (C=O) groups excluding carboxylic acids is 1. The Morgan fingerprint density at radius 2 is 1.70 bits per heavy atom. The van der Waals surface area contributed by atoms with Crippen molar-refractivity contribution in [3.8, 4) is 22.4 Å². The largest absolute Gasteiger partial charge is 0.435 e. The molecule has 27 heavy (non-hydrogen) atoms. The molecule has 1 aromatic heterocycles. The second-order valence-electron chi connectivity index (χ2n) is 5.71. The third kappa shape index (κ3) is 3.16. The minimum atomic E-state index is -5.00. The number of nitrogens with two attached hydrogens (primary N) is 1. The fourth-order valence-electron chi connectivity index (χ4n) is 2.88. The van der Waals surface area contributed by atoms with Crippen molar-refractivity contribution in [1.82, 2.24) is 9.78 Å². The molecule has 1 amide bonds. The summed E-state index contributed by atoms with van der Waals surface area (Å²) in [5.74, 6) is -4.14. The first kappa shape index (κ1) is 18.6. The number of aromatic nitrogens is 2. The molecule has 0 unspecified atom stereocenters. The Balaban J connectivity index is 2.44. The Labute approximate surface area is 150 Å². The molecule has 3 aromatic rings. The Morgan fingerprint density at radius 3 is 2.26 bits per heavy atom. The number of halogens is 5. The standard InChI is InChI=1S/C18H12F5N3O/c1-26-15(13(17(24)27)16(25-26)18(21,22)23)12-10(7-8-11(19)14(12)20)9-5-3-2-4-6-9/h2-8H,1H3,(H2,24,27). The predicted octanol–water partition coefficient (Wildman–Crippen LogP) is 4.15. The summed E-state index contributed by atoms with van der Waals surface area (Å²) >= 11 is 0. The van der Waals surface area contributed by atoms with Crippen LogP contribution in [0, 0.1) is 11.6 Å². The van der Waals surface area contributed by atoms with Crippen molar-refractivity contribution < 1.29 is 26.7 Å². The van der Waals surface area contributed by atoms with Crippen LogP contribution >= 0.6 is 0 Å². The van der Waals surface area contributed by atoms with Crippen molar-refractivity contribution in [2.75, 3.05) is 0 Å². The fraction of sp³-hybridized carbons (Fsp3) is 0.111. The maximum absolute atomic E-state index is 14.7. The summed E-state index contributed by atoms with van der Waals surface area (Å²) in [5, 5.41) is 3.29. The molecule has 3 rings (SSSR count). The highest BCUT2D eigenvalue weighted by atomic mass is 19.4. The lowest BCUT2D eigenvalue weighted by atomic mass is 9.94. The van der Waals surface area contributed by atoms with E-state index in [-0.39, 0.29) is 5.56 Å². The summed E-state index contributed by atoms with van der Waals surface area (Å²) in [6.07, 6.45) is -5.00. The van der Waals surface area contributed by atoms with E-state index in [1.165, 1.54) is 6.07 Å². The number of amides is 1. The van der Waals surface area contributed by atoms with Crippen molar-refractivity contribution in [2.24, 2.45) is 12.8 Å². The first-order valence-electron chi connectivity index (χ1n) is 7.60. The van der Waals surface area contributed by atoms with Crippen LogP contribution in [0.5, 0.6) is 0 Å². The van der Waals surface area contributed by atoms with Gasteiger partial charge in [-0.3, -0.25) is 9.48 Å². The van der Waals surface area contributed by atoms with E-state index in [9.17, 15) is 26.7 Å². The third-order valence-electron chi connectivity index (χ3n) is 3.98. The lowest BCUT2D eigenvalue weighted by Gasteiger charge is -2.13. The number of benzene rings is 2. The molecule has 140 valence electrons. The minimum absolute atomic E-state index is 0.0914. The zero-order valence-corrected chi connectivity index (χ0v) is 13.8. The monoisotopic (exact) mass is 381 g/mol. The molecule has 0 saturated heterocycles. The smallest absolute Gasteiger partial charge is 0.365 e. The van der Waals surface area contributed by atoms with Crippen LogP contribution in [0.3, 0.4) is 0 Å². The van der Waals surface area contributed by atoms with Gasteiger partial charge in [-0.15, -0.1) is 0 Å². The summed E-state index contributed by atoms with van der Waals surface area (Å²) in [6.45, 7) is 0. The molecular weight excluding hydrogens is 369 g/mol. The van der Waals surface area contributed by atoms with Crippen LogP contribution in [0.4, 0.5) is 22.0 Å². The normalized spacial score (nSPS) is 11.6. The molecule has 0 aliphatic carbocycles. The van der Waals surface area contributed by atoms with Crippen LogP contribution in [0.25, 0.3) is 22.4 Å². The molecule has 0 radical (unpaired) electrons. The molecule has 4 nitrogen and oxygen atoms in total. The van der Waals surface area contributed by atoms with Crippen LogP contribution in [0.2, 0.25) is 0 Å². The summed E-state index contributed by atoms with van der Waals surface area (Å²) < 4.78 is 69.1. The van der Waals surface area contributed by atoms with Crippen LogP contribution in [-0.4, -0.2) is 15.7 Å². The van der Waals surface area contributed by atoms with Gasteiger partial charge in [-0.1, -0.05) is 36.4 Å². The van der Waals surface area contributed by atoms with Gasteiger partial charge in [0.1, 0.15) is 0 Å². The second kappa shape index (κ2) is 6.49. The van der Waals surface area contributed by atoms with Gasteiger partial charge in [0.05, 0.1) is 11.3 Å². The van der Waals surface area contributed by atoms with E-state index in [1.807, 2.05) is 0 Å². The maximum atomic E-state index is 14.7. The van der Waals surface area contributed by atoms with Crippen LogP contribution < -0.4 is 5.73 Å². The average molecular weight is 381 g/mol. The molecule has 0 bridgehead atoms. The number of hydrogen-bond acceptors (Lipinski definition) is 2. The van der Waals surface area contributed by atoms with Gasteiger partial charge in [0.25, 0.3) is 5.91 Å². The van der Waals surface area contributed by atoms with Crippen LogP contribution in [-0.2, 0) is 13.2 Å². The number of aryl methyl sites for hydroxylation is 1. The van der Waals surface area contributed by atoms with Crippen molar-refractivity contribution in [2.45, 2.75) is 6.18 Å². The minimum Gasteiger partial charge on any atom is -0.365 e. The van der Waals surface area contributed by atoms with Crippen LogP contribution in [0.15, 0.2) is 42.5 Å². The molecule has 9 heteroatoms. The summed E-state index contributed by atoms with van der Waals surface area (Å²) in [5.41, 5.74) is 1.98. The molecule has 2 N–H and O–H groups in total. The van der Waals surface area contributed by atoms with Gasteiger partial charge in [0.15, 0.2) is 17.3 Å². The number of rotatable bonds is 3. The zero-order valence-electron chi connectivity index (χ0n) is 13.8. The highest BCUT2D eigenvalue weighted by molar-refractivity contribution is 6.02. The number of carbonyl (C=O) groups is 1. The van der Waals surface area contributed by atoms with Crippen molar-refractivity contribution >= 4 is 5.91 Å². The Morgan fingerprint density at radius 1 is 1.07 bits per heavy atom. The third-order valence-corrected chi connectivity index (χ3v) is 3.98. The first-order valence-corrected chi connectivity index (χ1v) is 7.60. The predicted molar refractivity (Wildman–Crippen MR) is 87.5 cm³/mol. The Hall–Kier alpha value is -3.23. The topological polar surface area (TPSA) is 60.9 Å². The van der Waals surface area contributed by atoms with Gasteiger partial charge in [0.2, 0.25) is 0 Å². The van der Waals surface area contributed by atoms with E-state index >= 15 is 0 Å². The molecule has 0 aliphatic rings. The van der Waals surface area contributed by atoms with Gasteiger partial charge in [-0.25, -0.2) is 8.78 Å². The van der Waals surface area contributed by atoms with Gasteiger partial charge < -0.3 is 5.73 Å². The summed E-state index contributed by atoms with van der Waals surface area (Å²) in [6, 6.07) is 10.1. The average Bonchev–Trinajstić information content (AvgIpc) is 2.95. The second-order valence-corrected chi connectivity index (χ2v) is 5.71. The Bertz CT molecular complexity index is 1030. The molecular formula is C18H12F5N3O. The van der Waals surface area contributed by atoms with E-state index < -0.39 is 46.2 Å². The molecule has 0 spiro atoms. The molecule has 2 aromatic carbocycles. The first-order chi connectivity index (χ1) is 12.6. The maximum Gasteiger partial charge on any atom is 0.435 e. The molecule has 0 saturated carbocycles. The van der Waals surface area contributed by atoms with Crippen molar-refractivity contribution in [3.05, 3.63) is 65.4 Å². The lowest BCUT2D eigenvalue weighted by molar-refractivity contribution is -0.141. The number of alkyl halides is 3. The number of nitrogens with zero attached hydrogens (tertiary/aromatic N) is 2. The SMILES string of the molecule is Cn1nc(C(F)(F)F)c(C(N)=O)c1-c1c(-c2ccccc2)ccc(F)c1F. The van der Waals surface area contributed by atoms with E-state index in [0.717, 1.165) is 13.1 Å². The molecule has 0 aliphatic heterocycles. The van der Waals surface area contributed by atoms with E-state index in [0.29, 0.717) is 10.2 Å². The lowest BCUT2D eigenvalue weighted by Crippen LogP contribution is -2.18. The van der Waals surface area contributed by atoms with E-state index in [4.69, 9.17) is 5.73 Å². The van der Waals surface area contributed by atoms with E-state index in [2.05, 4.69) is 5.10 Å². The van der Waals surface area contributed by atoms with Gasteiger partial charge in [0, 0.05) is 12.6 Å². The highest BCUT2D eigenvalue weighted by Crippen LogP contribution is 2.41. The van der Waals surface area contributed by atoms with Gasteiger partial charge in [-0.2, -0.15) is 18.3 Å². The zero-order chi connectivity index (χ0) is 19.9. The number of hydrogen-bond donors (Lipinski definition) is 1. The molecule has 1 heterocycles.